The van der Waals surface area contributed by atoms with Crippen molar-refractivity contribution in [3.05, 3.63) is 41.8 Å². The SMILES string of the molecule is C[C@H](NC(=O)OC(C)(C)C)c1nc(N(C)Cc2ccccc2)no1. The molecule has 0 aliphatic carbocycles. The van der Waals surface area contributed by atoms with Gasteiger partial charge in [0.2, 0.25) is 0 Å². The van der Waals surface area contributed by atoms with E-state index < -0.39 is 17.7 Å². The Labute approximate surface area is 142 Å². The van der Waals surface area contributed by atoms with Crippen LogP contribution in [0.5, 0.6) is 0 Å². The number of anilines is 1. The second-order valence-electron chi connectivity index (χ2n) is 6.64. The van der Waals surface area contributed by atoms with Gasteiger partial charge in [-0.05, 0) is 38.4 Å². The van der Waals surface area contributed by atoms with Crippen molar-refractivity contribution < 1.29 is 14.1 Å². The number of ether oxygens (including phenoxy) is 1. The van der Waals surface area contributed by atoms with Crippen LogP contribution in [0.2, 0.25) is 0 Å². The molecule has 1 amide bonds. The van der Waals surface area contributed by atoms with Gasteiger partial charge in [0.15, 0.2) is 0 Å². The fourth-order valence-electron chi connectivity index (χ4n) is 2.03. The van der Waals surface area contributed by atoms with Crippen LogP contribution in [-0.4, -0.2) is 28.9 Å². The predicted molar refractivity (Wildman–Crippen MR) is 90.6 cm³/mol. The molecule has 1 atom stereocenters. The van der Waals surface area contributed by atoms with E-state index in [1.54, 1.807) is 27.7 Å². The van der Waals surface area contributed by atoms with Gasteiger partial charge in [0.1, 0.15) is 11.6 Å². The first-order chi connectivity index (χ1) is 11.2. The average molecular weight is 332 g/mol. The van der Waals surface area contributed by atoms with E-state index in [4.69, 9.17) is 9.26 Å². The second-order valence-corrected chi connectivity index (χ2v) is 6.64. The first kappa shape index (κ1) is 17.8. The molecule has 0 spiro atoms. The average Bonchev–Trinajstić information content (AvgIpc) is 2.96. The van der Waals surface area contributed by atoms with Crippen LogP contribution in [0.15, 0.2) is 34.9 Å². The van der Waals surface area contributed by atoms with Crippen molar-refractivity contribution in [1.29, 1.82) is 0 Å². The molecule has 7 heteroatoms. The van der Waals surface area contributed by atoms with Gasteiger partial charge in [-0.3, -0.25) is 0 Å². The normalized spacial score (nSPS) is 12.5. The number of carbonyl (C=O) groups is 1. The van der Waals surface area contributed by atoms with E-state index in [0.717, 1.165) is 5.56 Å². The number of nitrogens with zero attached hydrogens (tertiary/aromatic N) is 3. The molecule has 1 aromatic heterocycles. The van der Waals surface area contributed by atoms with E-state index in [1.807, 2.05) is 42.3 Å². The largest absolute Gasteiger partial charge is 0.444 e. The molecule has 0 bridgehead atoms. The molecule has 7 nitrogen and oxygen atoms in total. The van der Waals surface area contributed by atoms with Gasteiger partial charge in [-0.25, -0.2) is 4.79 Å². The Balaban J connectivity index is 1.95. The summed E-state index contributed by atoms with van der Waals surface area (Å²) in [5.74, 6) is 0.794. The zero-order chi connectivity index (χ0) is 17.7. The molecule has 2 rings (SSSR count). The molecule has 0 aliphatic heterocycles. The zero-order valence-corrected chi connectivity index (χ0v) is 14.7. The summed E-state index contributed by atoms with van der Waals surface area (Å²) < 4.78 is 10.5. The fourth-order valence-corrected chi connectivity index (χ4v) is 2.03. The standard InChI is InChI=1S/C17H24N4O3/c1-12(18-16(22)23-17(2,3)4)14-19-15(20-24-14)21(5)11-13-9-7-6-8-10-13/h6-10,12H,11H2,1-5H3,(H,18,22)/t12-/m0/s1. The van der Waals surface area contributed by atoms with E-state index in [-0.39, 0.29) is 0 Å². The lowest BCUT2D eigenvalue weighted by atomic mass is 10.2. The smallest absolute Gasteiger partial charge is 0.408 e. The lowest BCUT2D eigenvalue weighted by Crippen LogP contribution is -2.34. The van der Waals surface area contributed by atoms with Crippen molar-refractivity contribution in [3.8, 4) is 0 Å². The molecule has 0 aliphatic rings. The summed E-state index contributed by atoms with van der Waals surface area (Å²) in [6, 6.07) is 9.56. The Morgan fingerprint density at radius 3 is 2.62 bits per heavy atom. The third-order valence-electron chi connectivity index (χ3n) is 3.14. The summed E-state index contributed by atoms with van der Waals surface area (Å²) >= 11 is 0. The lowest BCUT2D eigenvalue weighted by Gasteiger charge is -2.20. The summed E-state index contributed by atoms with van der Waals surface area (Å²) in [5.41, 5.74) is 0.589. The quantitative estimate of drug-likeness (QED) is 0.905. The Morgan fingerprint density at radius 2 is 2.00 bits per heavy atom. The van der Waals surface area contributed by atoms with E-state index >= 15 is 0 Å². The first-order valence-electron chi connectivity index (χ1n) is 7.83. The monoisotopic (exact) mass is 332 g/mol. The van der Waals surface area contributed by atoms with Gasteiger partial charge in [-0.15, -0.1) is 0 Å². The highest BCUT2D eigenvalue weighted by Crippen LogP contribution is 2.17. The highest BCUT2D eigenvalue weighted by Gasteiger charge is 2.22. The number of hydrogen-bond acceptors (Lipinski definition) is 6. The molecular formula is C17H24N4O3. The molecule has 24 heavy (non-hydrogen) atoms. The third-order valence-corrected chi connectivity index (χ3v) is 3.14. The van der Waals surface area contributed by atoms with Crippen LogP contribution < -0.4 is 10.2 Å². The molecule has 0 fully saturated rings. The van der Waals surface area contributed by atoms with Gasteiger partial charge in [0.25, 0.3) is 11.8 Å². The van der Waals surface area contributed by atoms with Crippen LogP contribution >= 0.6 is 0 Å². The molecule has 130 valence electrons. The van der Waals surface area contributed by atoms with Crippen LogP contribution in [-0.2, 0) is 11.3 Å². The maximum absolute atomic E-state index is 11.8. The van der Waals surface area contributed by atoms with Crippen molar-refractivity contribution in [2.45, 2.75) is 45.9 Å². The number of alkyl carbamates (subject to hydrolysis) is 1. The number of hydrogen-bond donors (Lipinski definition) is 1. The van der Waals surface area contributed by atoms with Crippen molar-refractivity contribution >= 4 is 12.0 Å². The summed E-state index contributed by atoms with van der Waals surface area (Å²) in [4.78, 5) is 18.0. The number of nitrogens with one attached hydrogen (secondary N) is 1. The highest BCUT2D eigenvalue weighted by molar-refractivity contribution is 5.68. The molecule has 0 saturated heterocycles. The van der Waals surface area contributed by atoms with Gasteiger partial charge in [-0.2, -0.15) is 4.98 Å². The molecule has 1 heterocycles. The predicted octanol–water partition coefficient (Wildman–Crippen LogP) is 3.29. The zero-order valence-electron chi connectivity index (χ0n) is 14.7. The summed E-state index contributed by atoms with van der Waals surface area (Å²) in [5, 5.41) is 6.64. The van der Waals surface area contributed by atoms with E-state index in [0.29, 0.717) is 18.4 Å². The summed E-state index contributed by atoms with van der Waals surface area (Å²) in [7, 11) is 1.88. The van der Waals surface area contributed by atoms with Gasteiger partial charge in [-0.1, -0.05) is 30.3 Å². The number of carbonyl (C=O) groups excluding carboxylic acids is 1. The summed E-state index contributed by atoms with van der Waals surface area (Å²) in [6.45, 7) is 7.84. The molecule has 2 aromatic rings. The van der Waals surface area contributed by atoms with E-state index in [2.05, 4.69) is 15.5 Å². The van der Waals surface area contributed by atoms with Crippen molar-refractivity contribution in [1.82, 2.24) is 15.5 Å². The number of amides is 1. The molecule has 0 radical (unpaired) electrons. The van der Waals surface area contributed by atoms with Gasteiger partial charge in [0, 0.05) is 13.6 Å². The van der Waals surface area contributed by atoms with Crippen molar-refractivity contribution in [2.75, 3.05) is 11.9 Å². The fraction of sp³-hybridized carbons (Fsp3) is 0.471. The molecule has 1 N–H and O–H groups in total. The Hall–Kier alpha value is -2.57. The Kier molecular flexibility index (Phi) is 5.43. The minimum Gasteiger partial charge on any atom is -0.444 e. The van der Waals surface area contributed by atoms with Crippen molar-refractivity contribution in [3.63, 3.8) is 0 Å². The van der Waals surface area contributed by atoms with Crippen LogP contribution in [0.25, 0.3) is 0 Å². The molecule has 1 aromatic carbocycles. The number of aromatic nitrogens is 2. The van der Waals surface area contributed by atoms with Crippen LogP contribution in [0, 0.1) is 0 Å². The summed E-state index contributed by atoms with van der Waals surface area (Å²) in [6.07, 6.45) is -0.521. The first-order valence-corrected chi connectivity index (χ1v) is 7.83. The minimum atomic E-state index is -0.556. The van der Waals surface area contributed by atoms with Crippen LogP contribution in [0.4, 0.5) is 10.7 Å². The van der Waals surface area contributed by atoms with E-state index in [9.17, 15) is 4.79 Å². The topological polar surface area (TPSA) is 80.5 Å². The number of benzene rings is 1. The maximum atomic E-state index is 11.8. The van der Waals surface area contributed by atoms with Crippen LogP contribution in [0.3, 0.4) is 0 Å². The highest BCUT2D eigenvalue weighted by atomic mass is 16.6. The minimum absolute atomic E-state index is 0.329. The van der Waals surface area contributed by atoms with E-state index in [1.165, 1.54) is 0 Å². The molecule has 0 saturated carbocycles. The lowest BCUT2D eigenvalue weighted by molar-refractivity contribution is 0.0499. The van der Waals surface area contributed by atoms with Gasteiger partial charge in [0.05, 0.1) is 0 Å². The van der Waals surface area contributed by atoms with Gasteiger partial charge >= 0.3 is 6.09 Å². The van der Waals surface area contributed by atoms with Crippen molar-refractivity contribution in [2.24, 2.45) is 0 Å². The van der Waals surface area contributed by atoms with Crippen LogP contribution in [0.1, 0.15) is 45.2 Å². The third kappa shape index (κ3) is 5.26. The Morgan fingerprint density at radius 1 is 1.33 bits per heavy atom. The molecule has 0 unspecified atom stereocenters. The maximum Gasteiger partial charge on any atom is 0.408 e. The molecular weight excluding hydrogens is 308 g/mol. The second kappa shape index (κ2) is 7.33. The van der Waals surface area contributed by atoms with Gasteiger partial charge < -0.3 is 19.5 Å². The Bertz CT molecular complexity index is 664. The number of rotatable bonds is 5.